The molecule has 0 saturated carbocycles. The summed E-state index contributed by atoms with van der Waals surface area (Å²) >= 11 is 0. The molecule has 0 fully saturated rings. The number of nitrogens with zero attached hydrogens (tertiary/aromatic N) is 2. The molecule has 0 unspecified atom stereocenters. The van der Waals surface area contributed by atoms with E-state index in [0.29, 0.717) is 0 Å². The summed E-state index contributed by atoms with van der Waals surface area (Å²) in [4.78, 5) is 27.2. The fraction of sp³-hybridized carbons (Fsp3) is 0.500. The molecule has 3 N–H and O–H groups in total. The van der Waals surface area contributed by atoms with E-state index < -0.39 is 21.9 Å². The first-order valence-electron chi connectivity index (χ1n) is 2.28. The van der Waals surface area contributed by atoms with Gasteiger partial charge >= 0.3 is 63.5 Å². The first-order chi connectivity index (χ1) is 5.00. The van der Waals surface area contributed by atoms with Gasteiger partial charge in [-0.1, -0.05) is 0 Å². The van der Waals surface area contributed by atoms with Crippen molar-refractivity contribution in [1.82, 2.24) is 5.43 Å². The van der Waals surface area contributed by atoms with Gasteiger partial charge in [-0.25, -0.2) is 5.84 Å². The largest absolute Gasteiger partial charge is 1.00 e. The van der Waals surface area contributed by atoms with E-state index in [-0.39, 0.29) is 52.8 Å². The number of carbonyl (C=O) groups is 1. The van der Waals surface area contributed by atoms with Crippen molar-refractivity contribution in [2.75, 3.05) is 0 Å². The Morgan fingerprint density at radius 2 is 1.75 bits per heavy atom. The summed E-state index contributed by atoms with van der Waals surface area (Å²) in [6.07, 6.45) is -2.53. The van der Waals surface area contributed by atoms with E-state index in [1.54, 1.807) is 0 Å². The maximum absolute atomic E-state index is 10.3. The van der Waals surface area contributed by atoms with Crippen LogP contribution in [0.3, 0.4) is 0 Å². The summed E-state index contributed by atoms with van der Waals surface area (Å²) in [5.41, 5.74) is 1.31. The van der Waals surface area contributed by atoms with Gasteiger partial charge < -0.3 is 1.43 Å². The van der Waals surface area contributed by atoms with Crippen molar-refractivity contribution < 1.29 is 67.5 Å². The van der Waals surface area contributed by atoms with Crippen molar-refractivity contribution in [2.24, 2.45) is 5.84 Å². The number of nitro groups is 2. The van der Waals surface area contributed by atoms with Crippen LogP contribution >= 0.6 is 0 Å². The Balaban J connectivity index is -0.000000500. The molecule has 0 aromatic rings. The number of nitrogens with two attached hydrogens (primary N) is 1. The van der Waals surface area contributed by atoms with Crippen molar-refractivity contribution >= 4 is 5.91 Å². The van der Waals surface area contributed by atoms with Gasteiger partial charge in [0.1, 0.15) is 9.85 Å². The third-order valence-corrected chi connectivity index (χ3v) is 0.776. The maximum atomic E-state index is 10.3. The van der Waals surface area contributed by atoms with Gasteiger partial charge in [0, 0.05) is 0 Å². The van der Waals surface area contributed by atoms with Gasteiger partial charge in [-0.05, 0) is 0 Å². The number of carbonyl (C=O) groups excluding carboxylic acids is 1. The minimum Gasteiger partial charge on any atom is -1.00 e. The molecule has 0 aromatic heterocycles. The second-order valence-electron chi connectivity index (χ2n) is 1.45. The van der Waals surface area contributed by atoms with Crippen LogP contribution in [-0.2, 0) is 4.79 Å². The second kappa shape index (κ2) is 6.39. The number of rotatable bonds is 3. The number of nitrogens with one attached hydrogen (secondary N) is 1. The predicted octanol–water partition coefficient (Wildman–Crippen LogP) is -5.03. The van der Waals surface area contributed by atoms with Gasteiger partial charge in [-0.2, -0.15) is 0 Å². The molecule has 0 aliphatic heterocycles. The normalized spacial score (nSPS) is 8.50. The Morgan fingerprint density at radius 3 is 1.83 bits per heavy atom. The van der Waals surface area contributed by atoms with Crippen molar-refractivity contribution in [3.05, 3.63) is 20.2 Å². The molecular formula is C2H5KN4O5. The Hall–Kier alpha value is -0.134. The Kier molecular flexibility index (Phi) is 7.66. The molecule has 10 heteroatoms. The van der Waals surface area contributed by atoms with Gasteiger partial charge in [0.15, 0.2) is 0 Å². The van der Waals surface area contributed by atoms with E-state index in [2.05, 4.69) is 5.84 Å². The third kappa shape index (κ3) is 4.03. The van der Waals surface area contributed by atoms with E-state index in [1.807, 2.05) is 0 Å². The van der Waals surface area contributed by atoms with Crippen molar-refractivity contribution in [3.8, 4) is 0 Å². The van der Waals surface area contributed by atoms with E-state index in [0.717, 1.165) is 0 Å². The monoisotopic (exact) mass is 204 g/mol. The average molecular weight is 204 g/mol. The number of hydrogen-bond acceptors (Lipinski definition) is 6. The van der Waals surface area contributed by atoms with Crippen molar-refractivity contribution in [1.29, 1.82) is 0 Å². The van der Waals surface area contributed by atoms with Gasteiger partial charge in [0.05, 0.1) is 0 Å². The summed E-state index contributed by atoms with van der Waals surface area (Å²) in [7, 11) is 0. The van der Waals surface area contributed by atoms with Gasteiger partial charge in [0.25, 0.3) is 0 Å². The number of amides is 1. The van der Waals surface area contributed by atoms with E-state index in [9.17, 15) is 25.0 Å². The van der Waals surface area contributed by atoms with E-state index >= 15 is 0 Å². The summed E-state index contributed by atoms with van der Waals surface area (Å²) in [5.74, 6) is 2.98. The zero-order valence-corrected chi connectivity index (χ0v) is 9.21. The van der Waals surface area contributed by atoms with Crippen LogP contribution in [0.15, 0.2) is 0 Å². The van der Waals surface area contributed by atoms with Crippen molar-refractivity contribution in [2.45, 2.75) is 6.17 Å². The van der Waals surface area contributed by atoms with Crippen LogP contribution in [0.5, 0.6) is 0 Å². The Morgan fingerprint density at radius 1 is 1.42 bits per heavy atom. The minimum absolute atomic E-state index is 0. The zero-order valence-electron chi connectivity index (χ0n) is 7.09. The molecule has 12 heavy (non-hydrogen) atoms. The van der Waals surface area contributed by atoms with Crippen molar-refractivity contribution in [3.63, 3.8) is 0 Å². The fourth-order valence-electron chi connectivity index (χ4n) is 0.343. The molecule has 64 valence electrons. The van der Waals surface area contributed by atoms with Crippen LogP contribution in [0.4, 0.5) is 0 Å². The number of hydrogen-bond donors (Lipinski definition) is 2. The summed E-state index contributed by atoms with van der Waals surface area (Å²) < 4.78 is 0. The molecule has 0 aliphatic rings. The maximum Gasteiger partial charge on any atom is 1.00 e. The van der Waals surface area contributed by atoms with E-state index in [1.165, 1.54) is 5.43 Å². The standard InChI is InChI=1S/C2H4N4O5.K.H/c3-4-1(7)2(5(8)9)6(10)11;;/h2H,3H2,(H,4,7);;/q;+1;-1. The smallest absolute Gasteiger partial charge is 1.00 e. The first kappa shape index (κ1) is 14.4. The fourth-order valence-corrected chi connectivity index (χ4v) is 0.343. The van der Waals surface area contributed by atoms with Gasteiger partial charge in [-0.3, -0.25) is 30.4 Å². The molecule has 0 heterocycles. The Labute approximate surface area is 110 Å². The molecule has 0 radical (unpaired) electrons. The predicted molar refractivity (Wildman–Crippen MR) is 31.2 cm³/mol. The van der Waals surface area contributed by atoms with Gasteiger partial charge in [-0.15, -0.1) is 0 Å². The molecule has 0 aromatic carbocycles. The second-order valence-corrected chi connectivity index (χ2v) is 1.45. The molecule has 0 spiro atoms. The topological polar surface area (TPSA) is 141 Å². The quantitative estimate of drug-likeness (QED) is 0.118. The average Bonchev–Trinajstić information content (AvgIpc) is 1.85. The minimum atomic E-state index is -2.53. The molecule has 9 nitrogen and oxygen atoms in total. The summed E-state index contributed by atoms with van der Waals surface area (Å²) in [5, 5.41) is 19.6. The van der Waals surface area contributed by atoms with Crippen LogP contribution in [0, 0.1) is 20.2 Å². The zero-order chi connectivity index (χ0) is 9.02. The number of hydrazine groups is 1. The Bertz CT molecular complexity index is 197. The first-order valence-corrected chi connectivity index (χ1v) is 2.28. The SMILES string of the molecule is NNC(=O)C([N+](=O)[O-])[N+](=O)[O-].[H-].[K+]. The van der Waals surface area contributed by atoms with Crippen LogP contribution in [-0.4, -0.2) is 21.9 Å². The van der Waals surface area contributed by atoms with Gasteiger partial charge in [0.2, 0.25) is 0 Å². The molecule has 0 saturated heterocycles. The van der Waals surface area contributed by atoms with Crippen LogP contribution in [0.2, 0.25) is 0 Å². The van der Waals surface area contributed by atoms with E-state index in [4.69, 9.17) is 0 Å². The molecule has 0 atom stereocenters. The summed E-state index contributed by atoms with van der Waals surface area (Å²) in [6.45, 7) is 0. The molecule has 1 amide bonds. The molecule has 0 bridgehead atoms. The van der Waals surface area contributed by atoms with Crippen LogP contribution in [0.1, 0.15) is 1.43 Å². The van der Waals surface area contributed by atoms with Crippen LogP contribution < -0.4 is 62.7 Å². The molecule has 0 aliphatic carbocycles. The van der Waals surface area contributed by atoms with Crippen LogP contribution in [0.25, 0.3) is 0 Å². The molecule has 0 rings (SSSR count). The summed E-state index contributed by atoms with van der Waals surface area (Å²) in [6, 6.07) is 0. The third-order valence-electron chi connectivity index (χ3n) is 0.776. The molecular weight excluding hydrogens is 199 g/mol.